The van der Waals surface area contributed by atoms with E-state index in [4.69, 9.17) is 14.3 Å². The molecular weight excluding hydrogens is 326 g/mol. The fraction of sp³-hybridized carbons (Fsp3) is 0.600. The Hall–Kier alpha value is -0.410. The van der Waals surface area contributed by atoms with Gasteiger partial charge in [0.1, 0.15) is 17.3 Å². The maximum Gasteiger partial charge on any atom is 0.247 e. The van der Waals surface area contributed by atoms with Gasteiger partial charge in [-0.3, -0.25) is 0 Å². The molecule has 1 saturated heterocycles. The monoisotopic (exact) mass is 339 g/mol. The predicted molar refractivity (Wildman–Crippen MR) is 66.5 cm³/mol. The van der Waals surface area contributed by atoms with Gasteiger partial charge in [0.05, 0.1) is 6.10 Å². The van der Waals surface area contributed by atoms with E-state index in [1.54, 1.807) is 7.11 Å². The molecule has 1 aliphatic rings. The number of sulfonamides is 1. The van der Waals surface area contributed by atoms with Crippen LogP contribution in [0.1, 0.15) is 12.2 Å². The van der Waals surface area contributed by atoms with Crippen LogP contribution >= 0.6 is 15.9 Å². The molecule has 1 unspecified atom stereocenters. The lowest BCUT2D eigenvalue weighted by atomic mass is 10.3. The van der Waals surface area contributed by atoms with E-state index in [9.17, 15) is 8.42 Å². The number of aliphatic hydroxyl groups is 1. The highest BCUT2D eigenvalue weighted by atomic mass is 79.9. The molecule has 1 fully saturated rings. The summed E-state index contributed by atoms with van der Waals surface area (Å²) < 4.78 is 36.4. The Kier molecular flexibility index (Phi) is 4.12. The van der Waals surface area contributed by atoms with Crippen molar-refractivity contribution in [3.05, 3.63) is 16.5 Å². The molecule has 0 spiro atoms. The average molecular weight is 340 g/mol. The zero-order chi connectivity index (χ0) is 13.3. The van der Waals surface area contributed by atoms with Gasteiger partial charge in [0, 0.05) is 26.3 Å². The van der Waals surface area contributed by atoms with Crippen LogP contribution in [0, 0.1) is 0 Å². The normalized spacial score (nSPS) is 21.6. The molecule has 102 valence electrons. The van der Waals surface area contributed by atoms with Crippen molar-refractivity contribution >= 4 is 26.0 Å². The number of rotatable bonds is 4. The van der Waals surface area contributed by atoms with Gasteiger partial charge in [-0.25, -0.2) is 8.42 Å². The summed E-state index contributed by atoms with van der Waals surface area (Å²) in [6, 6.07) is 1.33. The summed E-state index contributed by atoms with van der Waals surface area (Å²) in [4.78, 5) is 0.0447. The van der Waals surface area contributed by atoms with Gasteiger partial charge in [0.25, 0.3) is 0 Å². The van der Waals surface area contributed by atoms with E-state index in [1.165, 1.54) is 10.4 Å². The number of ether oxygens (including phenoxy) is 1. The Labute approximate surface area is 114 Å². The Bertz CT molecular complexity index is 526. The Balaban J connectivity index is 2.28. The molecule has 8 heteroatoms. The molecule has 0 saturated carbocycles. The summed E-state index contributed by atoms with van der Waals surface area (Å²) in [5.41, 5.74) is 0. The molecule has 6 nitrogen and oxygen atoms in total. The first kappa shape index (κ1) is 14.0. The number of nitrogens with zero attached hydrogens (tertiary/aromatic N) is 1. The molecule has 0 radical (unpaired) electrons. The lowest BCUT2D eigenvalue weighted by molar-refractivity contribution is 0.115. The van der Waals surface area contributed by atoms with Gasteiger partial charge in [0.2, 0.25) is 10.0 Å². The number of methoxy groups -OCH3 is 1. The van der Waals surface area contributed by atoms with Crippen LogP contribution < -0.4 is 0 Å². The Morgan fingerprint density at radius 3 is 2.89 bits per heavy atom. The van der Waals surface area contributed by atoms with E-state index >= 15 is 0 Å². The standard InChI is InChI=1S/C10H14BrNO5S/c1-16-7-2-3-12(5-7)18(14,15)9-4-8(6-13)17-10(9)11/h4,7,13H,2-3,5-6H2,1H3. The molecule has 0 amide bonds. The zero-order valence-electron chi connectivity index (χ0n) is 9.80. The highest BCUT2D eigenvalue weighted by Crippen LogP contribution is 2.30. The van der Waals surface area contributed by atoms with Gasteiger partial charge in [-0.1, -0.05) is 0 Å². The second-order valence-electron chi connectivity index (χ2n) is 4.02. The second-order valence-corrected chi connectivity index (χ2v) is 6.64. The summed E-state index contributed by atoms with van der Waals surface area (Å²) in [6.45, 7) is 0.423. The van der Waals surface area contributed by atoms with Crippen LogP contribution in [0.15, 0.2) is 20.0 Å². The number of hydrogen-bond acceptors (Lipinski definition) is 5. The topological polar surface area (TPSA) is 80.0 Å². The van der Waals surface area contributed by atoms with Crippen LogP contribution in [-0.4, -0.2) is 44.1 Å². The first-order chi connectivity index (χ1) is 8.48. The highest BCUT2D eigenvalue weighted by Gasteiger charge is 2.35. The van der Waals surface area contributed by atoms with Gasteiger partial charge in [-0.05, 0) is 22.4 Å². The van der Waals surface area contributed by atoms with Gasteiger partial charge >= 0.3 is 0 Å². The fourth-order valence-electron chi connectivity index (χ4n) is 1.90. The molecule has 1 aromatic rings. The molecule has 2 rings (SSSR count). The minimum atomic E-state index is -3.60. The first-order valence-corrected chi connectivity index (χ1v) is 7.64. The average Bonchev–Trinajstić information content (AvgIpc) is 2.95. The predicted octanol–water partition coefficient (Wildman–Crippen LogP) is 0.944. The molecule has 18 heavy (non-hydrogen) atoms. The molecular formula is C10H14BrNO5S. The van der Waals surface area contributed by atoms with Crippen LogP contribution in [0.25, 0.3) is 0 Å². The van der Waals surface area contributed by atoms with Crippen molar-refractivity contribution in [1.82, 2.24) is 4.31 Å². The van der Waals surface area contributed by atoms with E-state index in [-0.39, 0.29) is 28.0 Å². The van der Waals surface area contributed by atoms with E-state index in [2.05, 4.69) is 15.9 Å². The van der Waals surface area contributed by atoms with Crippen LogP contribution in [0.3, 0.4) is 0 Å². The van der Waals surface area contributed by atoms with Crippen LogP contribution in [0.2, 0.25) is 0 Å². The summed E-state index contributed by atoms with van der Waals surface area (Å²) in [6.07, 6.45) is 0.612. The van der Waals surface area contributed by atoms with Crippen molar-refractivity contribution in [2.24, 2.45) is 0 Å². The quantitative estimate of drug-likeness (QED) is 0.883. The third-order valence-corrected chi connectivity index (χ3v) is 5.64. The summed E-state index contributed by atoms with van der Waals surface area (Å²) in [5, 5.41) is 8.94. The molecule has 1 N–H and O–H groups in total. The number of aliphatic hydroxyl groups excluding tert-OH is 1. The van der Waals surface area contributed by atoms with Gasteiger partial charge < -0.3 is 14.3 Å². The summed E-state index contributed by atoms with van der Waals surface area (Å²) in [7, 11) is -2.03. The molecule has 0 aromatic carbocycles. The minimum Gasteiger partial charge on any atom is -0.450 e. The van der Waals surface area contributed by atoms with Crippen molar-refractivity contribution in [3.8, 4) is 0 Å². The summed E-state index contributed by atoms with van der Waals surface area (Å²) >= 11 is 3.06. The fourth-order valence-corrected chi connectivity index (χ4v) is 4.35. The lowest BCUT2D eigenvalue weighted by Crippen LogP contribution is -2.30. The highest BCUT2D eigenvalue weighted by molar-refractivity contribution is 9.10. The minimum absolute atomic E-state index is 0.0447. The van der Waals surface area contributed by atoms with E-state index < -0.39 is 10.0 Å². The molecule has 0 bridgehead atoms. The summed E-state index contributed by atoms with van der Waals surface area (Å²) in [5.74, 6) is 0.211. The van der Waals surface area contributed by atoms with Crippen molar-refractivity contribution in [3.63, 3.8) is 0 Å². The number of halogens is 1. The Morgan fingerprint density at radius 1 is 1.67 bits per heavy atom. The van der Waals surface area contributed by atoms with Crippen LogP contribution in [0.4, 0.5) is 0 Å². The molecule has 1 atom stereocenters. The number of hydrogen-bond donors (Lipinski definition) is 1. The van der Waals surface area contributed by atoms with Gasteiger partial charge in [0.15, 0.2) is 4.67 Å². The van der Waals surface area contributed by atoms with Crippen molar-refractivity contribution in [2.45, 2.75) is 24.0 Å². The van der Waals surface area contributed by atoms with Crippen LogP contribution in [0.5, 0.6) is 0 Å². The first-order valence-electron chi connectivity index (χ1n) is 5.41. The molecule has 1 aliphatic heterocycles. The Morgan fingerprint density at radius 2 is 2.39 bits per heavy atom. The van der Waals surface area contributed by atoms with Crippen molar-refractivity contribution in [2.75, 3.05) is 20.2 Å². The van der Waals surface area contributed by atoms with E-state index in [0.717, 1.165) is 0 Å². The number of furan rings is 1. The van der Waals surface area contributed by atoms with E-state index in [1.807, 2.05) is 0 Å². The third kappa shape index (κ3) is 2.48. The smallest absolute Gasteiger partial charge is 0.247 e. The lowest BCUT2D eigenvalue weighted by Gasteiger charge is -2.15. The maximum atomic E-state index is 12.3. The largest absolute Gasteiger partial charge is 0.450 e. The molecule has 2 heterocycles. The van der Waals surface area contributed by atoms with Crippen molar-refractivity contribution in [1.29, 1.82) is 0 Å². The van der Waals surface area contributed by atoms with E-state index in [0.29, 0.717) is 19.5 Å². The second kappa shape index (κ2) is 5.30. The maximum absolute atomic E-state index is 12.3. The van der Waals surface area contributed by atoms with Gasteiger partial charge in [-0.2, -0.15) is 4.31 Å². The van der Waals surface area contributed by atoms with Crippen molar-refractivity contribution < 1.29 is 22.7 Å². The molecule has 0 aliphatic carbocycles. The molecule has 1 aromatic heterocycles. The van der Waals surface area contributed by atoms with Gasteiger partial charge in [-0.15, -0.1) is 0 Å². The SMILES string of the molecule is COC1CCN(S(=O)(=O)c2cc(CO)oc2Br)C1. The zero-order valence-corrected chi connectivity index (χ0v) is 12.2. The third-order valence-electron chi connectivity index (χ3n) is 2.92. The van der Waals surface area contributed by atoms with Crippen LogP contribution in [-0.2, 0) is 21.4 Å².